The summed E-state index contributed by atoms with van der Waals surface area (Å²) in [6.45, 7) is 12.1. The highest BCUT2D eigenvalue weighted by molar-refractivity contribution is 5.87. The molecule has 0 unspecified atom stereocenters. The number of fused-ring (bicyclic) bond motifs is 2. The molecule has 0 atom stereocenters. The van der Waals surface area contributed by atoms with E-state index in [1.54, 1.807) is 0 Å². The second-order valence-corrected chi connectivity index (χ2v) is 9.11. The van der Waals surface area contributed by atoms with E-state index in [2.05, 4.69) is 61.4 Å². The minimum absolute atomic E-state index is 0.795. The van der Waals surface area contributed by atoms with Crippen LogP contribution in [0, 0.1) is 13.8 Å². The van der Waals surface area contributed by atoms with E-state index >= 15 is 0 Å². The molecular weight excluding hydrogens is 516 g/mol. The zero-order valence-corrected chi connectivity index (χ0v) is 25.2. The van der Waals surface area contributed by atoms with Crippen LogP contribution in [0.15, 0.2) is 136 Å². The average molecular weight is 554 g/mol. The first kappa shape index (κ1) is 29.9. The Labute approximate surface area is 248 Å². The molecule has 5 aromatic carbocycles. The van der Waals surface area contributed by atoms with Crippen LogP contribution in [-0.4, -0.2) is 4.98 Å². The van der Waals surface area contributed by atoms with E-state index < -0.39 is 0 Å². The van der Waals surface area contributed by atoms with E-state index in [9.17, 15) is 0 Å². The Morgan fingerprint density at radius 3 is 1.26 bits per heavy atom. The van der Waals surface area contributed by atoms with Crippen molar-refractivity contribution in [3.63, 3.8) is 0 Å². The van der Waals surface area contributed by atoms with Gasteiger partial charge in [0.2, 0.25) is 16.7 Å². The molecule has 1 heterocycles. The number of rotatable bonds is 5. The number of aryl methyl sites for hydroxylation is 2. The first-order valence-corrected chi connectivity index (χ1v) is 14.5. The van der Waals surface area contributed by atoms with Gasteiger partial charge in [-0.05, 0) is 61.4 Å². The predicted molar refractivity (Wildman–Crippen MR) is 174 cm³/mol. The molecular formula is C36H37N6+. The van der Waals surface area contributed by atoms with Gasteiger partial charge in [0, 0.05) is 24.3 Å². The maximum atomic E-state index is 5.04. The highest BCUT2D eigenvalue weighted by Crippen LogP contribution is 2.30. The van der Waals surface area contributed by atoms with Crippen LogP contribution in [0.4, 0.5) is 22.7 Å². The van der Waals surface area contributed by atoms with E-state index in [1.165, 1.54) is 0 Å². The van der Waals surface area contributed by atoms with Crippen LogP contribution in [0.25, 0.3) is 27.8 Å². The van der Waals surface area contributed by atoms with Crippen LogP contribution in [-0.2, 0) is 0 Å². The summed E-state index contributed by atoms with van der Waals surface area (Å²) in [7, 11) is 0. The van der Waals surface area contributed by atoms with E-state index in [0.29, 0.717) is 0 Å². The van der Waals surface area contributed by atoms with Gasteiger partial charge in [0.1, 0.15) is 11.0 Å². The monoisotopic (exact) mass is 553 g/mol. The first-order chi connectivity index (χ1) is 20.7. The molecule has 210 valence electrons. The molecule has 0 aliphatic carbocycles. The normalized spacial score (nSPS) is 10.9. The van der Waals surface area contributed by atoms with Gasteiger partial charge in [-0.25, -0.2) is 4.98 Å². The van der Waals surface area contributed by atoms with Gasteiger partial charge in [-0.2, -0.15) is 20.5 Å². The Hall–Kier alpha value is -5.10. The molecule has 0 aliphatic rings. The molecule has 0 aliphatic heterocycles. The van der Waals surface area contributed by atoms with Crippen LogP contribution in [0.2, 0.25) is 0 Å². The van der Waals surface area contributed by atoms with Gasteiger partial charge in [0.25, 0.3) is 0 Å². The Morgan fingerprint density at radius 1 is 0.476 bits per heavy atom. The van der Waals surface area contributed by atoms with E-state index in [-0.39, 0.29) is 0 Å². The fourth-order valence-electron chi connectivity index (χ4n) is 4.42. The molecule has 6 heteroatoms. The molecule has 0 saturated heterocycles. The number of azo groups is 2. The zero-order chi connectivity index (χ0) is 29.9. The van der Waals surface area contributed by atoms with Crippen molar-refractivity contribution in [3.8, 4) is 5.69 Å². The third kappa shape index (κ3) is 6.78. The van der Waals surface area contributed by atoms with Crippen molar-refractivity contribution in [2.45, 2.75) is 41.5 Å². The second-order valence-electron chi connectivity index (χ2n) is 9.11. The smallest absolute Gasteiger partial charge is 0.235 e. The molecule has 0 spiro atoms. The summed E-state index contributed by atoms with van der Waals surface area (Å²) in [4.78, 5) is 5.04. The van der Waals surface area contributed by atoms with Crippen molar-refractivity contribution in [1.29, 1.82) is 0 Å². The van der Waals surface area contributed by atoms with Gasteiger partial charge < -0.3 is 0 Å². The minimum atomic E-state index is 0.795. The molecule has 0 fully saturated rings. The number of aromatic nitrogens is 2. The van der Waals surface area contributed by atoms with Crippen molar-refractivity contribution in [1.82, 2.24) is 4.98 Å². The molecule has 1 aromatic heterocycles. The number of para-hydroxylation sites is 1. The van der Waals surface area contributed by atoms with E-state index in [4.69, 9.17) is 4.98 Å². The fraction of sp³-hybridized carbons (Fsp3) is 0.167. The minimum Gasteiger partial charge on any atom is -0.235 e. The van der Waals surface area contributed by atoms with Gasteiger partial charge in [0.15, 0.2) is 0 Å². The van der Waals surface area contributed by atoms with Crippen molar-refractivity contribution in [2.24, 2.45) is 20.5 Å². The van der Waals surface area contributed by atoms with Crippen molar-refractivity contribution < 1.29 is 4.57 Å². The Kier molecular flexibility index (Phi) is 10.3. The Balaban J connectivity index is 0.000000972. The van der Waals surface area contributed by atoms with Crippen LogP contribution >= 0.6 is 0 Å². The maximum Gasteiger partial charge on any atom is 0.239 e. The van der Waals surface area contributed by atoms with Crippen LogP contribution in [0.3, 0.4) is 0 Å². The summed E-state index contributed by atoms with van der Waals surface area (Å²) >= 11 is 0. The second kappa shape index (κ2) is 14.5. The lowest BCUT2D eigenvalue weighted by atomic mass is 10.1. The van der Waals surface area contributed by atoms with E-state index in [1.807, 2.05) is 120 Å². The third-order valence-corrected chi connectivity index (χ3v) is 6.38. The molecule has 6 aromatic rings. The van der Waals surface area contributed by atoms with Crippen LogP contribution < -0.4 is 4.57 Å². The third-order valence-electron chi connectivity index (χ3n) is 6.38. The molecule has 0 N–H and O–H groups in total. The molecule has 42 heavy (non-hydrogen) atoms. The maximum absolute atomic E-state index is 5.04. The highest BCUT2D eigenvalue weighted by atomic mass is 15.1. The zero-order valence-electron chi connectivity index (χ0n) is 25.2. The summed E-state index contributed by atoms with van der Waals surface area (Å²) in [6.07, 6.45) is 0. The number of nitrogens with zero attached hydrogens (tertiary/aromatic N) is 6. The molecule has 6 rings (SSSR count). The van der Waals surface area contributed by atoms with Gasteiger partial charge in [-0.3, -0.25) is 0 Å². The summed E-state index contributed by atoms with van der Waals surface area (Å²) in [6, 6.07) is 38.0. The standard InChI is InChI=1S/C32H25N6.2C2H6/c1-22-18-29-31(20-27(22)36-34-24-12-6-3-7-13-24)38(26-16-10-5-11-17-26)32-21-28(23(2)19-30(32)33-29)37-35-25-14-8-4-9-15-25;2*1-2/h3-21H,1-2H3;2*1-2H3/q+1;;. The van der Waals surface area contributed by atoms with Gasteiger partial charge >= 0.3 is 0 Å². The average Bonchev–Trinajstić information content (AvgIpc) is 3.05. The van der Waals surface area contributed by atoms with Crippen LogP contribution in [0.5, 0.6) is 0 Å². The topological polar surface area (TPSA) is 66.2 Å². The van der Waals surface area contributed by atoms with E-state index in [0.717, 1.165) is 61.6 Å². The highest BCUT2D eigenvalue weighted by Gasteiger charge is 2.22. The molecule has 0 radical (unpaired) electrons. The quantitative estimate of drug-likeness (QED) is 0.119. The molecule has 0 saturated carbocycles. The Morgan fingerprint density at radius 2 is 0.857 bits per heavy atom. The lowest BCUT2D eigenvalue weighted by Crippen LogP contribution is -2.33. The fourth-order valence-corrected chi connectivity index (χ4v) is 4.42. The summed E-state index contributed by atoms with van der Waals surface area (Å²) < 4.78 is 2.21. The van der Waals surface area contributed by atoms with Crippen LogP contribution in [0.1, 0.15) is 38.8 Å². The largest absolute Gasteiger partial charge is 0.239 e. The lowest BCUT2D eigenvalue weighted by Gasteiger charge is -2.09. The molecule has 6 nitrogen and oxygen atoms in total. The van der Waals surface area contributed by atoms with Gasteiger partial charge in [-0.1, -0.05) is 82.3 Å². The van der Waals surface area contributed by atoms with Gasteiger partial charge in [0.05, 0.1) is 22.7 Å². The van der Waals surface area contributed by atoms with Crippen molar-refractivity contribution in [2.75, 3.05) is 0 Å². The summed E-state index contributed by atoms with van der Waals surface area (Å²) in [5.41, 5.74) is 9.89. The van der Waals surface area contributed by atoms with Gasteiger partial charge in [-0.15, -0.1) is 4.57 Å². The number of hydrogen-bond donors (Lipinski definition) is 0. The number of benzene rings is 5. The SMILES string of the molecule is CC.CC.Cc1cc2nc3cc(C)c(N=Nc4ccccc4)cc3[n+](-c3ccccc3)c2cc1N=Nc1ccccc1. The lowest BCUT2D eigenvalue weighted by molar-refractivity contribution is -0.538. The number of hydrogen-bond acceptors (Lipinski definition) is 5. The molecule has 0 amide bonds. The Bertz CT molecular complexity index is 1700. The summed E-state index contributed by atoms with van der Waals surface area (Å²) in [5.74, 6) is 0. The first-order valence-electron chi connectivity index (χ1n) is 14.5. The summed E-state index contributed by atoms with van der Waals surface area (Å²) in [5, 5.41) is 18.1. The van der Waals surface area contributed by atoms with Crippen molar-refractivity contribution in [3.05, 3.63) is 126 Å². The van der Waals surface area contributed by atoms with Crippen molar-refractivity contribution >= 4 is 44.8 Å². The predicted octanol–water partition coefficient (Wildman–Crippen LogP) is 11.2. The molecule has 0 bridgehead atoms.